The molecular formula is C15H18N2O3S. The molecule has 0 aliphatic rings. The molecule has 1 aromatic heterocycles. The minimum Gasteiger partial charge on any atom is -0.497 e. The fourth-order valence-electron chi connectivity index (χ4n) is 1.56. The minimum atomic E-state index is -0.225. The van der Waals surface area contributed by atoms with Gasteiger partial charge in [-0.3, -0.25) is 10.1 Å². The van der Waals surface area contributed by atoms with Crippen LogP contribution in [-0.4, -0.2) is 17.5 Å². The maximum atomic E-state index is 11.9. The standard InChI is InChI=1S/C15H18N2O3S/c1-15(2,3)12-9-13(20-17-12)16-14(18)21-11-7-5-10(19-4)6-8-11/h5-9H,1-4H3,(H,16,18). The van der Waals surface area contributed by atoms with Crippen molar-refractivity contribution in [2.24, 2.45) is 0 Å². The fraction of sp³-hybridized carbons (Fsp3) is 0.333. The molecule has 0 saturated carbocycles. The Morgan fingerprint density at radius 1 is 1.29 bits per heavy atom. The molecule has 0 aliphatic heterocycles. The van der Waals surface area contributed by atoms with Gasteiger partial charge in [0.1, 0.15) is 5.75 Å². The molecule has 0 atom stereocenters. The lowest BCUT2D eigenvalue weighted by molar-refractivity contribution is 0.269. The van der Waals surface area contributed by atoms with Crippen LogP contribution in [0.4, 0.5) is 10.7 Å². The van der Waals surface area contributed by atoms with Gasteiger partial charge in [-0.25, -0.2) is 0 Å². The van der Waals surface area contributed by atoms with Crippen molar-refractivity contribution in [3.05, 3.63) is 36.0 Å². The van der Waals surface area contributed by atoms with Crippen molar-refractivity contribution in [3.63, 3.8) is 0 Å². The number of carbonyl (C=O) groups is 1. The van der Waals surface area contributed by atoms with Crippen molar-refractivity contribution < 1.29 is 14.1 Å². The van der Waals surface area contributed by atoms with E-state index < -0.39 is 0 Å². The Bertz CT molecular complexity index is 615. The topological polar surface area (TPSA) is 64.4 Å². The average molecular weight is 306 g/mol. The summed E-state index contributed by atoms with van der Waals surface area (Å²) in [6.45, 7) is 6.09. The highest BCUT2D eigenvalue weighted by Gasteiger charge is 2.19. The first-order chi connectivity index (χ1) is 9.88. The number of hydrogen-bond acceptors (Lipinski definition) is 5. The molecule has 112 valence electrons. The molecule has 1 heterocycles. The third-order valence-electron chi connectivity index (χ3n) is 2.77. The first-order valence-corrected chi connectivity index (χ1v) is 7.30. The molecule has 1 N–H and O–H groups in total. The summed E-state index contributed by atoms with van der Waals surface area (Å²) in [5.74, 6) is 1.11. The summed E-state index contributed by atoms with van der Waals surface area (Å²) in [6, 6.07) is 9.00. The Hall–Kier alpha value is -1.95. The first-order valence-electron chi connectivity index (χ1n) is 6.48. The maximum absolute atomic E-state index is 11.9. The van der Waals surface area contributed by atoms with Crippen molar-refractivity contribution >= 4 is 22.9 Å². The van der Waals surface area contributed by atoms with Crippen LogP contribution in [0.2, 0.25) is 0 Å². The van der Waals surface area contributed by atoms with Crippen molar-refractivity contribution in [2.75, 3.05) is 12.4 Å². The second kappa shape index (κ2) is 6.22. The quantitative estimate of drug-likeness (QED) is 0.856. The molecular weight excluding hydrogens is 288 g/mol. The van der Waals surface area contributed by atoms with E-state index in [4.69, 9.17) is 9.26 Å². The van der Waals surface area contributed by atoms with E-state index in [-0.39, 0.29) is 10.7 Å². The number of nitrogens with one attached hydrogen (secondary N) is 1. The number of benzene rings is 1. The van der Waals surface area contributed by atoms with Crippen LogP contribution in [0, 0.1) is 0 Å². The van der Waals surface area contributed by atoms with Gasteiger partial charge in [0.2, 0.25) is 5.88 Å². The van der Waals surface area contributed by atoms with Crippen LogP contribution in [0.3, 0.4) is 0 Å². The van der Waals surface area contributed by atoms with Crippen molar-refractivity contribution in [1.82, 2.24) is 5.16 Å². The first kappa shape index (κ1) is 15.4. The highest BCUT2D eigenvalue weighted by molar-refractivity contribution is 8.13. The van der Waals surface area contributed by atoms with Gasteiger partial charge < -0.3 is 9.26 Å². The zero-order chi connectivity index (χ0) is 15.5. The number of nitrogens with zero attached hydrogens (tertiary/aromatic N) is 1. The van der Waals surface area contributed by atoms with E-state index in [1.807, 2.05) is 45.0 Å². The summed E-state index contributed by atoms with van der Waals surface area (Å²) in [6.07, 6.45) is 0. The van der Waals surface area contributed by atoms with Crippen molar-refractivity contribution in [2.45, 2.75) is 31.1 Å². The SMILES string of the molecule is COc1ccc(SC(=O)Nc2cc(C(C)(C)C)no2)cc1. The molecule has 5 nitrogen and oxygen atoms in total. The van der Waals surface area contributed by atoms with Gasteiger partial charge in [0.15, 0.2) is 0 Å². The highest BCUT2D eigenvalue weighted by Crippen LogP contribution is 2.26. The normalized spacial score (nSPS) is 11.2. The number of aromatic nitrogens is 1. The van der Waals surface area contributed by atoms with Gasteiger partial charge >= 0.3 is 0 Å². The molecule has 2 aromatic rings. The van der Waals surface area contributed by atoms with Crippen molar-refractivity contribution in [3.8, 4) is 5.75 Å². The molecule has 0 saturated heterocycles. The van der Waals surface area contributed by atoms with Crippen LogP contribution in [0.15, 0.2) is 39.8 Å². The van der Waals surface area contributed by atoms with E-state index in [0.29, 0.717) is 5.88 Å². The van der Waals surface area contributed by atoms with E-state index in [1.165, 1.54) is 0 Å². The monoisotopic (exact) mass is 306 g/mol. The van der Waals surface area contributed by atoms with Crippen molar-refractivity contribution in [1.29, 1.82) is 0 Å². The van der Waals surface area contributed by atoms with Gasteiger partial charge in [0.25, 0.3) is 5.24 Å². The molecule has 0 bridgehead atoms. The second-order valence-electron chi connectivity index (χ2n) is 5.52. The third kappa shape index (κ3) is 4.26. The number of rotatable bonds is 3. The van der Waals surface area contributed by atoms with E-state index in [0.717, 1.165) is 28.1 Å². The Balaban J connectivity index is 1.96. The summed E-state index contributed by atoms with van der Waals surface area (Å²) in [7, 11) is 1.60. The molecule has 0 fully saturated rings. The summed E-state index contributed by atoms with van der Waals surface area (Å²) < 4.78 is 10.2. The zero-order valence-electron chi connectivity index (χ0n) is 12.5. The summed E-state index contributed by atoms with van der Waals surface area (Å²) in [5, 5.41) is 6.40. The molecule has 1 aromatic carbocycles. The van der Waals surface area contributed by atoms with Crippen LogP contribution in [-0.2, 0) is 5.41 Å². The Morgan fingerprint density at radius 2 is 1.95 bits per heavy atom. The largest absolute Gasteiger partial charge is 0.497 e. The second-order valence-corrected chi connectivity index (χ2v) is 6.56. The predicted octanol–water partition coefficient (Wildman–Crippen LogP) is 4.30. The third-order valence-corrected chi connectivity index (χ3v) is 3.57. The number of ether oxygens (including phenoxy) is 1. The minimum absolute atomic E-state index is 0.115. The van der Waals surface area contributed by atoms with Gasteiger partial charge in [-0.15, -0.1) is 0 Å². The van der Waals surface area contributed by atoms with E-state index in [1.54, 1.807) is 13.2 Å². The smallest absolute Gasteiger partial charge is 0.290 e. The van der Waals surface area contributed by atoms with Gasteiger partial charge in [-0.1, -0.05) is 25.9 Å². The van der Waals surface area contributed by atoms with Crippen LogP contribution in [0.1, 0.15) is 26.5 Å². The lowest BCUT2D eigenvalue weighted by atomic mass is 9.92. The molecule has 0 spiro atoms. The Labute approximate surface area is 128 Å². The fourth-order valence-corrected chi connectivity index (χ4v) is 2.20. The van der Waals surface area contributed by atoms with E-state index >= 15 is 0 Å². The van der Waals surface area contributed by atoms with E-state index in [9.17, 15) is 4.79 Å². The molecule has 21 heavy (non-hydrogen) atoms. The van der Waals surface area contributed by atoms with E-state index in [2.05, 4.69) is 10.5 Å². The molecule has 2 rings (SSSR count). The van der Waals surface area contributed by atoms with Crippen LogP contribution >= 0.6 is 11.8 Å². The number of amides is 1. The number of hydrogen-bond donors (Lipinski definition) is 1. The molecule has 0 aliphatic carbocycles. The average Bonchev–Trinajstić information content (AvgIpc) is 2.88. The molecule has 1 amide bonds. The maximum Gasteiger partial charge on any atom is 0.290 e. The molecule has 6 heteroatoms. The Morgan fingerprint density at radius 3 is 2.48 bits per heavy atom. The molecule has 0 unspecified atom stereocenters. The zero-order valence-corrected chi connectivity index (χ0v) is 13.3. The van der Waals surface area contributed by atoms with Gasteiger partial charge in [-0.2, -0.15) is 0 Å². The number of anilines is 1. The van der Waals surface area contributed by atoms with Gasteiger partial charge in [0, 0.05) is 16.4 Å². The Kier molecular flexibility index (Phi) is 4.57. The van der Waals surface area contributed by atoms with Gasteiger partial charge in [0.05, 0.1) is 12.8 Å². The van der Waals surface area contributed by atoms with Crippen LogP contribution < -0.4 is 10.1 Å². The lowest BCUT2D eigenvalue weighted by Gasteiger charge is -2.12. The summed E-state index contributed by atoms with van der Waals surface area (Å²) in [5.41, 5.74) is 0.683. The molecule has 0 radical (unpaired) electrons. The number of carbonyl (C=O) groups excluding carboxylic acids is 1. The summed E-state index contributed by atoms with van der Waals surface area (Å²) >= 11 is 1.08. The van der Waals surface area contributed by atoms with Gasteiger partial charge in [-0.05, 0) is 36.0 Å². The summed E-state index contributed by atoms with van der Waals surface area (Å²) in [4.78, 5) is 12.8. The lowest BCUT2D eigenvalue weighted by Crippen LogP contribution is -2.11. The number of methoxy groups -OCH3 is 1. The number of thioether (sulfide) groups is 1. The van der Waals surface area contributed by atoms with Crippen LogP contribution in [0.25, 0.3) is 0 Å². The highest BCUT2D eigenvalue weighted by atomic mass is 32.2. The van der Waals surface area contributed by atoms with Crippen LogP contribution in [0.5, 0.6) is 5.75 Å². The predicted molar refractivity (Wildman–Crippen MR) is 83.1 cm³/mol.